The number of ether oxygens (including phenoxy) is 2. The highest BCUT2D eigenvalue weighted by atomic mass is 35.5. The predicted molar refractivity (Wildman–Crippen MR) is 94.2 cm³/mol. The van der Waals surface area contributed by atoms with Crippen molar-refractivity contribution in [2.24, 2.45) is 0 Å². The van der Waals surface area contributed by atoms with E-state index >= 15 is 0 Å². The molecule has 126 valence electrons. The number of hydrogen-bond acceptors (Lipinski definition) is 5. The number of nitrogens with zero attached hydrogens (tertiary/aromatic N) is 2. The summed E-state index contributed by atoms with van der Waals surface area (Å²) in [5.41, 5.74) is 1.24. The summed E-state index contributed by atoms with van der Waals surface area (Å²) in [5, 5.41) is 5.21. The molecule has 0 bridgehead atoms. The number of carbonyl (C=O) groups is 1. The van der Waals surface area contributed by atoms with Crippen LogP contribution in [0, 0.1) is 0 Å². The summed E-state index contributed by atoms with van der Waals surface area (Å²) < 4.78 is 12.5. The third-order valence-corrected chi connectivity index (χ3v) is 4.33. The fourth-order valence-corrected chi connectivity index (χ4v) is 3.15. The number of thiazole rings is 1. The molecule has 0 spiro atoms. The summed E-state index contributed by atoms with van der Waals surface area (Å²) in [6.07, 6.45) is 3.94. The summed E-state index contributed by atoms with van der Waals surface area (Å²) in [6.45, 7) is 0.782. The lowest BCUT2D eigenvalue weighted by Crippen LogP contribution is -2.16. The number of fused-ring (bicyclic) bond motifs is 1. The summed E-state index contributed by atoms with van der Waals surface area (Å²) in [7, 11) is 1.59. The SMILES string of the molecule is COCCOc1c(Cl)cccc1NC(=O)Cc1cn2ccsc2n1. The van der Waals surface area contributed by atoms with Gasteiger partial charge in [0.15, 0.2) is 10.7 Å². The van der Waals surface area contributed by atoms with Crippen LogP contribution in [0.3, 0.4) is 0 Å². The van der Waals surface area contributed by atoms with Crippen molar-refractivity contribution in [2.75, 3.05) is 25.6 Å². The van der Waals surface area contributed by atoms with Crippen LogP contribution in [0.1, 0.15) is 5.69 Å². The smallest absolute Gasteiger partial charge is 0.230 e. The zero-order valence-corrected chi connectivity index (χ0v) is 14.6. The van der Waals surface area contributed by atoms with Crippen molar-refractivity contribution in [3.8, 4) is 5.75 Å². The number of benzene rings is 1. The summed E-state index contributed by atoms with van der Waals surface area (Å²) in [5.74, 6) is 0.259. The lowest BCUT2D eigenvalue weighted by atomic mass is 10.2. The minimum absolute atomic E-state index is 0.179. The second-order valence-electron chi connectivity index (χ2n) is 5.01. The number of carbonyl (C=O) groups excluding carboxylic acids is 1. The van der Waals surface area contributed by atoms with Gasteiger partial charge in [-0.2, -0.15) is 0 Å². The minimum atomic E-state index is -0.181. The quantitative estimate of drug-likeness (QED) is 0.653. The number of aromatic nitrogens is 2. The molecule has 0 saturated heterocycles. The first kappa shape index (κ1) is 16.8. The van der Waals surface area contributed by atoms with Gasteiger partial charge in [-0.1, -0.05) is 17.7 Å². The molecule has 0 atom stereocenters. The van der Waals surface area contributed by atoms with Crippen LogP contribution in [0.2, 0.25) is 5.02 Å². The van der Waals surface area contributed by atoms with E-state index < -0.39 is 0 Å². The number of anilines is 1. The lowest BCUT2D eigenvalue weighted by molar-refractivity contribution is -0.115. The van der Waals surface area contributed by atoms with Gasteiger partial charge in [0.05, 0.1) is 29.4 Å². The summed E-state index contributed by atoms with van der Waals surface area (Å²) >= 11 is 7.69. The second-order valence-corrected chi connectivity index (χ2v) is 6.29. The number of para-hydroxylation sites is 1. The van der Waals surface area contributed by atoms with Gasteiger partial charge in [0, 0.05) is 24.9 Å². The molecule has 0 aliphatic rings. The molecule has 0 aliphatic carbocycles. The van der Waals surface area contributed by atoms with Crippen LogP contribution in [-0.2, 0) is 16.0 Å². The molecule has 2 heterocycles. The van der Waals surface area contributed by atoms with Crippen molar-refractivity contribution in [1.82, 2.24) is 9.38 Å². The van der Waals surface area contributed by atoms with Crippen LogP contribution in [0.15, 0.2) is 36.0 Å². The van der Waals surface area contributed by atoms with Gasteiger partial charge in [-0.25, -0.2) is 4.98 Å². The monoisotopic (exact) mass is 365 g/mol. The largest absolute Gasteiger partial charge is 0.487 e. The average molecular weight is 366 g/mol. The number of halogens is 1. The fourth-order valence-electron chi connectivity index (χ4n) is 2.20. The average Bonchev–Trinajstić information content (AvgIpc) is 3.11. The van der Waals surface area contributed by atoms with Crippen LogP contribution in [-0.4, -0.2) is 35.6 Å². The molecule has 0 aliphatic heterocycles. The molecule has 1 amide bonds. The van der Waals surface area contributed by atoms with Gasteiger partial charge in [-0.15, -0.1) is 11.3 Å². The highest BCUT2D eigenvalue weighted by Gasteiger charge is 2.13. The Morgan fingerprint density at radius 1 is 1.42 bits per heavy atom. The topological polar surface area (TPSA) is 64.9 Å². The van der Waals surface area contributed by atoms with Crippen molar-refractivity contribution in [1.29, 1.82) is 0 Å². The second kappa shape index (κ2) is 7.65. The van der Waals surface area contributed by atoms with Crippen LogP contribution in [0.5, 0.6) is 5.75 Å². The number of methoxy groups -OCH3 is 1. The summed E-state index contributed by atoms with van der Waals surface area (Å²) in [4.78, 5) is 17.6. The van der Waals surface area contributed by atoms with E-state index in [1.807, 2.05) is 22.2 Å². The standard InChI is InChI=1S/C16H16ClN3O3S/c1-22-6-7-23-15-12(17)3-2-4-13(15)19-14(21)9-11-10-20-5-8-24-16(20)18-11/h2-5,8,10H,6-7,9H2,1H3,(H,19,21). The maximum atomic E-state index is 12.3. The van der Waals surface area contributed by atoms with Crippen LogP contribution in [0.4, 0.5) is 5.69 Å². The molecule has 0 unspecified atom stereocenters. The van der Waals surface area contributed by atoms with E-state index in [1.165, 1.54) is 11.3 Å². The molecule has 3 aromatic rings. The number of nitrogens with one attached hydrogen (secondary N) is 1. The van der Waals surface area contributed by atoms with Gasteiger partial charge in [0.1, 0.15) is 6.61 Å². The van der Waals surface area contributed by atoms with Gasteiger partial charge in [-0.05, 0) is 12.1 Å². The van der Waals surface area contributed by atoms with E-state index in [2.05, 4.69) is 10.3 Å². The van der Waals surface area contributed by atoms with Crippen molar-refractivity contribution in [3.05, 3.63) is 46.7 Å². The van der Waals surface area contributed by atoms with Gasteiger partial charge in [0.2, 0.25) is 5.91 Å². The molecule has 2 aromatic heterocycles. The minimum Gasteiger partial charge on any atom is -0.487 e. The van der Waals surface area contributed by atoms with Crippen molar-refractivity contribution in [3.63, 3.8) is 0 Å². The molecule has 3 rings (SSSR count). The zero-order valence-electron chi connectivity index (χ0n) is 13.0. The first-order valence-electron chi connectivity index (χ1n) is 7.28. The van der Waals surface area contributed by atoms with E-state index in [0.717, 1.165) is 4.96 Å². The Morgan fingerprint density at radius 2 is 2.29 bits per heavy atom. The maximum absolute atomic E-state index is 12.3. The van der Waals surface area contributed by atoms with Crippen LogP contribution in [0.25, 0.3) is 4.96 Å². The van der Waals surface area contributed by atoms with Crippen LogP contribution >= 0.6 is 22.9 Å². The fraction of sp³-hybridized carbons (Fsp3) is 0.250. The third kappa shape index (κ3) is 3.87. The zero-order chi connectivity index (χ0) is 16.9. The molecule has 0 radical (unpaired) electrons. The molecular formula is C16H16ClN3O3S. The number of rotatable bonds is 7. The van der Waals surface area contributed by atoms with Gasteiger partial charge in [-0.3, -0.25) is 9.20 Å². The molecule has 1 aromatic carbocycles. The van der Waals surface area contributed by atoms with Crippen molar-refractivity contribution in [2.45, 2.75) is 6.42 Å². The van der Waals surface area contributed by atoms with E-state index in [-0.39, 0.29) is 12.3 Å². The van der Waals surface area contributed by atoms with Gasteiger partial charge < -0.3 is 14.8 Å². The first-order valence-corrected chi connectivity index (χ1v) is 8.54. The van der Waals surface area contributed by atoms with Crippen molar-refractivity contribution >= 4 is 39.5 Å². The normalized spacial score (nSPS) is 10.9. The Hall–Kier alpha value is -2.09. The molecule has 24 heavy (non-hydrogen) atoms. The number of hydrogen-bond donors (Lipinski definition) is 1. The van der Waals surface area contributed by atoms with Gasteiger partial charge >= 0.3 is 0 Å². The summed E-state index contributed by atoms with van der Waals surface area (Å²) in [6, 6.07) is 5.22. The number of amides is 1. The van der Waals surface area contributed by atoms with Gasteiger partial charge in [0.25, 0.3) is 0 Å². The third-order valence-electron chi connectivity index (χ3n) is 3.26. The Bertz CT molecular complexity index is 818. The predicted octanol–water partition coefficient (Wildman–Crippen LogP) is 3.26. The molecule has 0 fully saturated rings. The van der Waals surface area contributed by atoms with Crippen LogP contribution < -0.4 is 10.1 Å². The van der Waals surface area contributed by atoms with E-state index in [1.54, 1.807) is 25.3 Å². The number of imidazole rings is 1. The Balaban J connectivity index is 1.69. The lowest BCUT2D eigenvalue weighted by Gasteiger charge is -2.13. The maximum Gasteiger partial charge on any atom is 0.230 e. The molecular weight excluding hydrogens is 350 g/mol. The van der Waals surface area contributed by atoms with E-state index in [9.17, 15) is 4.79 Å². The van der Waals surface area contributed by atoms with Crippen molar-refractivity contribution < 1.29 is 14.3 Å². The Morgan fingerprint density at radius 3 is 3.08 bits per heavy atom. The molecule has 6 nitrogen and oxygen atoms in total. The molecule has 1 N–H and O–H groups in total. The first-order chi connectivity index (χ1) is 11.7. The highest BCUT2D eigenvalue weighted by Crippen LogP contribution is 2.33. The van der Waals surface area contributed by atoms with E-state index in [0.29, 0.717) is 35.4 Å². The molecule has 0 saturated carbocycles. The van der Waals surface area contributed by atoms with E-state index in [4.69, 9.17) is 21.1 Å². The Kier molecular flexibility index (Phi) is 5.34. The highest BCUT2D eigenvalue weighted by molar-refractivity contribution is 7.15. The molecule has 8 heteroatoms. The Labute approximate surface area is 148 Å².